The second-order valence-corrected chi connectivity index (χ2v) is 7.58. The number of hydrogen-bond acceptors (Lipinski definition) is 4. The van der Waals surface area contributed by atoms with E-state index >= 15 is 0 Å². The number of halogens is 3. The van der Waals surface area contributed by atoms with E-state index in [0.717, 1.165) is 17.0 Å². The normalized spacial score (nSPS) is 15.9. The minimum Gasteiger partial charge on any atom is -0.376 e. The zero-order valence-electron chi connectivity index (χ0n) is 17.5. The van der Waals surface area contributed by atoms with Crippen LogP contribution < -0.4 is 15.5 Å². The lowest BCUT2D eigenvalue weighted by Gasteiger charge is -2.25. The second-order valence-electron chi connectivity index (χ2n) is 7.58. The highest BCUT2D eigenvalue weighted by Gasteiger charge is 2.50. The molecule has 2 N–H and O–H groups in total. The van der Waals surface area contributed by atoms with Crippen molar-refractivity contribution in [2.45, 2.75) is 51.2 Å². The van der Waals surface area contributed by atoms with E-state index in [0.29, 0.717) is 31.4 Å². The number of amides is 4. The van der Waals surface area contributed by atoms with Gasteiger partial charge in [-0.3, -0.25) is 14.5 Å². The number of nitrogens with one attached hydrogen (secondary N) is 2. The van der Waals surface area contributed by atoms with Crippen LogP contribution in [0.15, 0.2) is 18.2 Å². The fourth-order valence-electron chi connectivity index (χ4n) is 3.67. The first-order chi connectivity index (χ1) is 13.9. The predicted octanol–water partition coefficient (Wildman–Crippen LogP) is 3.60. The van der Waals surface area contributed by atoms with Gasteiger partial charge >= 0.3 is 12.2 Å². The summed E-state index contributed by atoms with van der Waals surface area (Å²) in [5.74, 6) is -1.24. The molecule has 1 aliphatic rings. The fraction of sp³-hybridized carbons (Fsp3) is 0.550. The number of nitrogens with zero attached hydrogens (tertiary/aromatic N) is 2. The smallest absolute Gasteiger partial charge is 0.376 e. The molecule has 1 fully saturated rings. The summed E-state index contributed by atoms with van der Waals surface area (Å²) in [5.41, 5.74) is -1.64. The van der Waals surface area contributed by atoms with Crippen molar-refractivity contribution < 1.29 is 27.6 Å². The number of hydrogen-bond donors (Lipinski definition) is 2. The van der Waals surface area contributed by atoms with Gasteiger partial charge in [0.1, 0.15) is 12.1 Å². The van der Waals surface area contributed by atoms with Crippen LogP contribution in [0, 0.1) is 0 Å². The molecule has 1 saturated heterocycles. The third kappa shape index (κ3) is 4.85. The van der Waals surface area contributed by atoms with Crippen molar-refractivity contribution in [2.75, 3.05) is 30.9 Å². The van der Waals surface area contributed by atoms with Gasteiger partial charge < -0.3 is 15.5 Å². The molecule has 0 spiro atoms. The molecule has 0 atom stereocenters. The molecule has 4 amide bonds. The highest BCUT2D eigenvalue weighted by Crippen LogP contribution is 2.35. The van der Waals surface area contributed by atoms with E-state index in [1.165, 1.54) is 6.07 Å². The minimum absolute atomic E-state index is 0.0553. The molecule has 2 rings (SSSR count). The van der Waals surface area contributed by atoms with Crippen LogP contribution >= 0.6 is 0 Å². The molecular weight excluding hydrogens is 401 g/mol. The zero-order valence-corrected chi connectivity index (χ0v) is 17.5. The first-order valence-electron chi connectivity index (χ1n) is 9.77. The maximum absolute atomic E-state index is 13.1. The van der Waals surface area contributed by atoms with Gasteiger partial charge in [0.2, 0.25) is 5.91 Å². The Bertz CT molecular complexity index is 818. The molecule has 30 heavy (non-hydrogen) atoms. The first-order valence-corrected chi connectivity index (χ1v) is 9.77. The van der Waals surface area contributed by atoms with E-state index in [1.54, 1.807) is 19.0 Å². The van der Waals surface area contributed by atoms with E-state index in [9.17, 15) is 27.6 Å². The lowest BCUT2D eigenvalue weighted by molar-refractivity contribution is -0.137. The molecule has 0 bridgehead atoms. The van der Waals surface area contributed by atoms with E-state index in [4.69, 9.17) is 0 Å². The summed E-state index contributed by atoms with van der Waals surface area (Å²) in [5, 5.41) is 5.11. The molecule has 1 aromatic rings. The average Bonchev–Trinajstić information content (AvgIpc) is 2.85. The molecule has 0 aliphatic carbocycles. The molecular formula is C20H27F3N4O3. The highest BCUT2D eigenvalue weighted by atomic mass is 19.4. The van der Waals surface area contributed by atoms with Crippen LogP contribution in [-0.4, -0.2) is 48.9 Å². The lowest BCUT2D eigenvalue weighted by Crippen LogP contribution is -2.47. The topological polar surface area (TPSA) is 81.8 Å². The van der Waals surface area contributed by atoms with E-state index in [2.05, 4.69) is 10.6 Å². The van der Waals surface area contributed by atoms with Crippen LogP contribution in [0.2, 0.25) is 0 Å². The molecule has 166 valence electrons. The van der Waals surface area contributed by atoms with Crippen molar-refractivity contribution in [3.8, 4) is 0 Å². The SMILES string of the molecule is CCCC1(CCC)NC(=O)N(CC(=O)Nc2cc(C(F)(F)F)ccc2N(C)C)C1=O. The minimum atomic E-state index is -4.57. The van der Waals surface area contributed by atoms with Crippen molar-refractivity contribution in [3.63, 3.8) is 0 Å². The first kappa shape index (κ1) is 23.5. The summed E-state index contributed by atoms with van der Waals surface area (Å²) in [7, 11) is 3.25. The number of carbonyl (C=O) groups excluding carboxylic acids is 3. The Morgan fingerprint density at radius 3 is 2.27 bits per heavy atom. The van der Waals surface area contributed by atoms with Crippen molar-refractivity contribution in [3.05, 3.63) is 23.8 Å². The Morgan fingerprint density at radius 2 is 1.77 bits per heavy atom. The molecule has 1 aromatic carbocycles. The quantitative estimate of drug-likeness (QED) is 0.620. The van der Waals surface area contributed by atoms with Gasteiger partial charge in [0.25, 0.3) is 5.91 Å². The van der Waals surface area contributed by atoms with E-state index < -0.39 is 41.7 Å². The molecule has 0 unspecified atom stereocenters. The number of carbonyl (C=O) groups is 3. The molecule has 0 radical (unpaired) electrons. The largest absolute Gasteiger partial charge is 0.416 e. The molecule has 10 heteroatoms. The van der Waals surface area contributed by atoms with E-state index in [-0.39, 0.29) is 5.69 Å². The summed E-state index contributed by atoms with van der Waals surface area (Å²) >= 11 is 0. The average molecular weight is 428 g/mol. The Balaban J connectivity index is 2.23. The summed E-state index contributed by atoms with van der Waals surface area (Å²) in [6.45, 7) is 3.20. The van der Waals surface area contributed by atoms with Gasteiger partial charge in [0.05, 0.1) is 16.9 Å². The molecule has 1 heterocycles. The molecule has 0 saturated carbocycles. The summed E-state index contributed by atoms with van der Waals surface area (Å²) in [6.07, 6.45) is -2.34. The second kappa shape index (κ2) is 8.93. The Labute approximate surface area is 173 Å². The monoisotopic (exact) mass is 428 g/mol. The zero-order chi connectivity index (χ0) is 22.7. The van der Waals surface area contributed by atoms with E-state index in [1.807, 2.05) is 13.8 Å². The van der Waals surface area contributed by atoms with Crippen molar-refractivity contribution in [1.82, 2.24) is 10.2 Å². The van der Waals surface area contributed by atoms with Crippen molar-refractivity contribution in [1.29, 1.82) is 0 Å². The number of benzene rings is 1. The Morgan fingerprint density at radius 1 is 1.17 bits per heavy atom. The van der Waals surface area contributed by atoms with Gasteiger partial charge in [-0.05, 0) is 31.0 Å². The number of imide groups is 1. The van der Waals surface area contributed by atoms with Gasteiger partial charge in [-0.1, -0.05) is 26.7 Å². The van der Waals surface area contributed by atoms with Crippen molar-refractivity contribution >= 4 is 29.2 Å². The summed E-state index contributed by atoms with van der Waals surface area (Å²) in [6, 6.07) is 2.33. The molecule has 0 aromatic heterocycles. The van der Waals surface area contributed by atoms with Gasteiger partial charge in [0, 0.05) is 14.1 Å². The van der Waals surface area contributed by atoms with Crippen LogP contribution in [0.4, 0.5) is 29.3 Å². The summed E-state index contributed by atoms with van der Waals surface area (Å²) < 4.78 is 39.2. The van der Waals surface area contributed by atoms with Crippen LogP contribution in [0.1, 0.15) is 45.1 Å². The fourth-order valence-corrected chi connectivity index (χ4v) is 3.67. The number of alkyl halides is 3. The standard InChI is InChI=1S/C20H27F3N4O3/c1-5-9-19(10-6-2)17(29)27(18(30)25-19)12-16(28)24-14-11-13(20(21,22)23)7-8-15(14)26(3)4/h7-8,11H,5-6,9-10,12H2,1-4H3,(H,24,28)(H,25,30). The van der Waals surface area contributed by atoms with Crippen LogP contribution in [-0.2, 0) is 15.8 Å². The van der Waals surface area contributed by atoms with Crippen LogP contribution in [0.25, 0.3) is 0 Å². The molecule has 7 nitrogen and oxygen atoms in total. The Kier molecular flexibility index (Phi) is 6.99. The van der Waals surface area contributed by atoms with Crippen LogP contribution in [0.3, 0.4) is 0 Å². The Hall–Kier alpha value is -2.78. The van der Waals surface area contributed by atoms with Gasteiger partial charge in [-0.25, -0.2) is 4.79 Å². The number of anilines is 2. The van der Waals surface area contributed by atoms with Gasteiger partial charge in [-0.2, -0.15) is 13.2 Å². The maximum Gasteiger partial charge on any atom is 0.416 e. The maximum atomic E-state index is 13.1. The van der Waals surface area contributed by atoms with Gasteiger partial charge in [0.15, 0.2) is 0 Å². The lowest BCUT2D eigenvalue weighted by atomic mass is 9.88. The predicted molar refractivity (Wildman–Crippen MR) is 107 cm³/mol. The van der Waals surface area contributed by atoms with Crippen molar-refractivity contribution in [2.24, 2.45) is 0 Å². The van der Waals surface area contributed by atoms with Gasteiger partial charge in [-0.15, -0.1) is 0 Å². The number of rotatable bonds is 8. The molecule has 1 aliphatic heterocycles. The van der Waals surface area contributed by atoms with Crippen LogP contribution in [0.5, 0.6) is 0 Å². The third-order valence-electron chi connectivity index (χ3n) is 4.98. The summed E-state index contributed by atoms with van der Waals surface area (Å²) in [4.78, 5) is 40.1. The number of urea groups is 1. The highest BCUT2D eigenvalue weighted by molar-refractivity contribution is 6.10. The third-order valence-corrected chi connectivity index (χ3v) is 4.98.